The second-order valence-electron chi connectivity index (χ2n) is 8.26. The number of rotatable bonds is 6. The number of hydrogen-bond acceptors (Lipinski definition) is 4. The van der Waals surface area contributed by atoms with Crippen molar-refractivity contribution in [3.63, 3.8) is 0 Å². The van der Waals surface area contributed by atoms with Gasteiger partial charge in [0.25, 0.3) is 5.91 Å². The van der Waals surface area contributed by atoms with E-state index in [1.54, 1.807) is 34.4 Å². The highest BCUT2D eigenvalue weighted by atomic mass is 35.5. The first kappa shape index (κ1) is 23.3. The predicted octanol–water partition coefficient (Wildman–Crippen LogP) is 6.39. The maximum Gasteiger partial charge on any atom is 0.264 e. The Kier molecular flexibility index (Phi) is 7.25. The van der Waals surface area contributed by atoms with E-state index in [0.717, 1.165) is 17.5 Å². The van der Waals surface area contributed by atoms with Crippen molar-refractivity contribution >= 4 is 57.7 Å². The van der Waals surface area contributed by atoms with Crippen molar-refractivity contribution in [2.45, 2.75) is 26.3 Å². The van der Waals surface area contributed by atoms with Gasteiger partial charge in [-0.1, -0.05) is 49.2 Å². The van der Waals surface area contributed by atoms with E-state index in [4.69, 9.17) is 23.2 Å². The summed E-state index contributed by atoms with van der Waals surface area (Å²) in [7, 11) is 0. The van der Waals surface area contributed by atoms with Crippen molar-refractivity contribution in [2.24, 2.45) is 5.92 Å². The van der Waals surface area contributed by atoms with Crippen molar-refractivity contribution in [2.75, 3.05) is 19.6 Å². The Morgan fingerprint density at radius 3 is 2.62 bits per heavy atom. The molecule has 8 heteroatoms. The van der Waals surface area contributed by atoms with Gasteiger partial charge in [-0.2, -0.15) is 0 Å². The van der Waals surface area contributed by atoms with Crippen molar-refractivity contribution < 1.29 is 9.59 Å². The van der Waals surface area contributed by atoms with Crippen molar-refractivity contribution in [1.29, 1.82) is 0 Å². The lowest BCUT2D eigenvalue weighted by Crippen LogP contribution is -2.47. The van der Waals surface area contributed by atoms with Crippen LogP contribution in [0.5, 0.6) is 0 Å². The van der Waals surface area contributed by atoms with Crippen LogP contribution >= 0.6 is 45.9 Å². The van der Waals surface area contributed by atoms with Crippen LogP contribution in [-0.2, 0) is 11.2 Å². The van der Waals surface area contributed by atoms with Gasteiger partial charge in [0, 0.05) is 28.0 Å². The van der Waals surface area contributed by atoms with Gasteiger partial charge in [-0.15, -0.1) is 22.7 Å². The van der Waals surface area contributed by atoms with E-state index < -0.39 is 0 Å². The molecule has 168 valence electrons. The zero-order valence-electron chi connectivity index (χ0n) is 17.9. The molecule has 0 saturated heterocycles. The molecule has 0 saturated carbocycles. The summed E-state index contributed by atoms with van der Waals surface area (Å²) in [5.41, 5.74) is 1.95. The van der Waals surface area contributed by atoms with E-state index in [9.17, 15) is 9.59 Å². The number of carbonyl (C=O) groups excluding carboxylic acids is 2. The Morgan fingerprint density at radius 2 is 1.94 bits per heavy atom. The molecule has 1 atom stereocenters. The fourth-order valence-electron chi connectivity index (χ4n) is 4.11. The zero-order valence-corrected chi connectivity index (χ0v) is 21.0. The number of nitrogens with zero attached hydrogens (tertiary/aromatic N) is 2. The quantitative estimate of drug-likeness (QED) is 0.388. The maximum absolute atomic E-state index is 13.6. The Balaban J connectivity index is 1.65. The molecule has 1 aliphatic heterocycles. The molecular weight excluding hydrogens is 483 g/mol. The molecule has 3 heterocycles. The molecule has 3 aromatic rings. The molecule has 0 bridgehead atoms. The molecule has 2 amide bonds. The number of hydrogen-bond donors (Lipinski definition) is 0. The minimum absolute atomic E-state index is 0.0378. The maximum atomic E-state index is 13.6. The molecule has 0 N–H and O–H groups in total. The van der Waals surface area contributed by atoms with E-state index in [-0.39, 0.29) is 30.3 Å². The number of halogens is 2. The Labute approximate surface area is 206 Å². The van der Waals surface area contributed by atoms with Gasteiger partial charge >= 0.3 is 0 Å². The average molecular weight is 508 g/mol. The molecule has 2 aromatic heterocycles. The van der Waals surface area contributed by atoms with Crippen LogP contribution in [0.4, 0.5) is 0 Å². The van der Waals surface area contributed by atoms with Gasteiger partial charge in [0.2, 0.25) is 5.91 Å². The topological polar surface area (TPSA) is 40.6 Å². The van der Waals surface area contributed by atoms with Crippen molar-refractivity contribution in [3.05, 3.63) is 78.1 Å². The van der Waals surface area contributed by atoms with Gasteiger partial charge in [0.15, 0.2) is 0 Å². The van der Waals surface area contributed by atoms with Gasteiger partial charge in [-0.3, -0.25) is 9.59 Å². The summed E-state index contributed by atoms with van der Waals surface area (Å²) in [5, 5.41) is 5.03. The summed E-state index contributed by atoms with van der Waals surface area (Å²) >= 11 is 15.8. The van der Waals surface area contributed by atoms with E-state index in [1.165, 1.54) is 16.2 Å². The van der Waals surface area contributed by atoms with Crippen LogP contribution in [0.25, 0.3) is 0 Å². The van der Waals surface area contributed by atoms with Gasteiger partial charge in [-0.05, 0) is 58.5 Å². The van der Waals surface area contributed by atoms with Crippen LogP contribution in [0.1, 0.15) is 45.6 Å². The molecule has 32 heavy (non-hydrogen) atoms. The molecule has 1 aliphatic rings. The number of thiophene rings is 2. The van der Waals surface area contributed by atoms with Crippen molar-refractivity contribution in [3.8, 4) is 0 Å². The Morgan fingerprint density at radius 1 is 1.12 bits per heavy atom. The van der Waals surface area contributed by atoms with Crippen LogP contribution < -0.4 is 0 Å². The molecular formula is C24H24Cl2N2O2S2. The molecule has 4 rings (SSSR count). The van der Waals surface area contributed by atoms with Crippen LogP contribution in [-0.4, -0.2) is 41.2 Å². The zero-order chi connectivity index (χ0) is 22.8. The molecule has 1 aromatic carbocycles. The van der Waals surface area contributed by atoms with Gasteiger partial charge in [0.1, 0.15) is 6.54 Å². The van der Waals surface area contributed by atoms with E-state index >= 15 is 0 Å². The van der Waals surface area contributed by atoms with Gasteiger partial charge < -0.3 is 9.80 Å². The van der Waals surface area contributed by atoms with E-state index in [2.05, 4.69) is 11.4 Å². The SMILES string of the molecule is CC(C)CN(CC(=O)N1CCc2sccc2C1c1ccc(Cl)cc1Cl)C(=O)c1cccs1. The third kappa shape index (κ3) is 4.88. The summed E-state index contributed by atoms with van der Waals surface area (Å²) in [6, 6.07) is 10.8. The number of carbonyl (C=O) groups is 2. The second-order valence-corrected chi connectivity index (χ2v) is 11.1. The predicted molar refractivity (Wildman–Crippen MR) is 133 cm³/mol. The highest BCUT2D eigenvalue weighted by Crippen LogP contribution is 2.41. The smallest absolute Gasteiger partial charge is 0.264 e. The summed E-state index contributed by atoms with van der Waals surface area (Å²) < 4.78 is 0. The minimum Gasteiger partial charge on any atom is -0.330 e. The van der Waals surface area contributed by atoms with Crippen LogP contribution in [0.2, 0.25) is 10.0 Å². The average Bonchev–Trinajstić information content (AvgIpc) is 3.44. The van der Waals surface area contributed by atoms with E-state index in [1.807, 2.05) is 36.3 Å². The molecule has 0 radical (unpaired) electrons. The highest BCUT2D eigenvalue weighted by molar-refractivity contribution is 7.12. The molecule has 0 spiro atoms. The van der Waals surface area contributed by atoms with E-state index in [0.29, 0.717) is 28.0 Å². The molecule has 4 nitrogen and oxygen atoms in total. The first-order valence-electron chi connectivity index (χ1n) is 10.5. The fourth-order valence-corrected chi connectivity index (χ4v) is 6.22. The number of benzene rings is 1. The summed E-state index contributed by atoms with van der Waals surface area (Å²) in [5.74, 6) is 0.0674. The van der Waals surface area contributed by atoms with Crippen LogP contribution in [0.15, 0.2) is 47.2 Å². The van der Waals surface area contributed by atoms with Crippen LogP contribution in [0.3, 0.4) is 0 Å². The monoisotopic (exact) mass is 506 g/mol. The Hall–Kier alpha value is -1.86. The lowest BCUT2D eigenvalue weighted by atomic mass is 9.93. The molecule has 0 aliphatic carbocycles. The van der Waals surface area contributed by atoms with Crippen molar-refractivity contribution in [1.82, 2.24) is 9.80 Å². The third-order valence-electron chi connectivity index (χ3n) is 5.47. The first-order chi connectivity index (χ1) is 15.3. The summed E-state index contributed by atoms with van der Waals surface area (Å²) in [4.78, 5) is 32.2. The Bertz CT molecular complexity index is 1110. The third-order valence-corrected chi connectivity index (χ3v) is 7.89. The molecule has 1 unspecified atom stereocenters. The fraction of sp³-hybridized carbons (Fsp3) is 0.333. The first-order valence-corrected chi connectivity index (χ1v) is 13.0. The largest absolute Gasteiger partial charge is 0.330 e. The second kappa shape index (κ2) is 9.96. The van der Waals surface area contributed by atoms with Gasteiger partial charge in [-0.25, -0.2) is 0 Å². The summed E-state index contributed by atoms with van der Waals surface area (Å²) in [6.45, 7) is 5.24. The number of fused-ring (bicyclic) bond motifs is 1. The lowest BCUT2D eigenvalue weighted by Gasteiger charge is -2.38. The minimum atomic E-state index is -0.292. The highest BCUT2D eigenvalue weighted by Gasteiger charge is 2.35. The standard InChI is InChI=1S/C24H24Cl2N2O2S2/c1-15(2)13-27(24(30)21-4-3-10-31-21)14-22(29)28-9-7-20-18(8-11-32-20)23(28)17-6-5-16(25)12-19(17)26/h3-6,8,10-12,15,23H,7,9,13-14H2,1-2H3. The summed E-state index contributed by atoms with van der Waals surface area (Å²) in [6.07, 6.45) is 0.795. The van der Waals surface area contributed by atoms with Gasteiger partial charge in [0.05, 0.1) is 10.9 Å². The normalized spacial score (nSPS) is 15.7. The van der Waals surface area contributed by atoms with Crippen LogP contribution in [0, 0.1) is 5.92 Å². The molecule has 0 fully saturated rings. The number of amides is 2. The lowest BCUT2D eigenvalue weighted by molar-refractivity contribution is -0.134.